The Hall–Kier alpha value is -3.64. The van der Waals surface area contributed by atoms with Crippen LogP contribution in [0.1, 0.15) is 23.0 Å². The molecule has 0 spiro atoms. The Morgan fingerprint density at radius 2 is 1.73 bits per heavy atom. The summed E-state index contributed by atoms with van der Waals surface area (Å²) in [6.45, 7) is 2.18. The highest BCUT2D eigenvalue weighted by molar-refractivity contribution is 5.99. The van der Waals surface area contributed by atoms with Crippen molar-refractivity contribution in [2.45, 2.75) is 13.5 Å². The van der Waals surface area contributed by atoms with Crippen LogP contribution >= 0.6 is 0 Å². The van der Waals surface area contributed by atoms with Gasteiger partial charge in [0.15, 0.2) is 6.61 Å². The van der Waals surface area contributed by atoms with Crippen LogP contribution < -0.4 is 5.32 Å². The van der Waals surface area contributed by atoms with Crippen LogP contribution in [0.15, 0.2) is 71.1 Å². The van der Waals surface area contributed by atoms with E-state index in [1.54, 1.807) is 6.07 Å². The van der Waals surface area contributed by atoms with Crippen molar-refractivity contribution in [3.63, 3.8) is 0 Å². The third-order valence-electron chi connectivity index (χ3n) is 4.70. The molecule has 0 radical (unpaired) electrons. The zero-order valence-corrected chi connectivity index (χ0v) is 16.5. The van der Waals surface area contributed by atoms with E-state index >= 15 is 0 Å². The largest absolute Gasteiger partial charge is 0.450 e. The molecule has 6 nitrogen and oxygen atoms in total. The number of esters is 1. The molecule has 1 N–H and O–H groups in total. The number of nitrogens with one attached hydrogen (secondary N) is 1. The zero-order chi connectivity index (χ0) is 20.9. The number of amides is 1. The monoisotopic (exact) mass is 403 g/mol. The molecule has 3 aromatic carbocycles. The van der Waals surface area contributed by atoms with Gasteiger partial charge in [-0.3, -0.25) is 4.79 Å². The highest BCUT2D eigenvalue weighted by Crippen LogP contribution is 2.27. The number of para-hydroxylation sites is 1. The van der Waals surface area contributed by atoms with E-state index in [0.717, 1.165) is 16.2 Å². The maximum Gasteiger partial charge on any atom is 0.375 e. The number of hydrogen-bond acceptors (Lipinski definition) is 5. The first-order chi connectivity index (χ1) is 14.7. The van der Waals surface area contributed by atoms with Crippen LogP contribution in [0.5, 0.6) is 0 Å². The molecular formula is C24H21NO5. The van der Waals surface area contributed by atoms with Crippen molar-refractivity contribution in [1.29, 1.82) is 0 Å². The van der Waals surface area contributed by atoms with E-state index in [0.29, 0.717) is 23.4 Å². The van der Waals surface area contributed by atoms with Gasteiger partial charge in [0.05, 0.1) is 6.61 Å². The Balaban J connectivity index is 1.44. The van der Waals surface area contributed by atoms with Crippen molar-refractivity contribution in [1.82, 2.24) is 0 Å². The first kappa shape index (κ1) is 19.7. The van der Waals surface area contributed by atoms with Gasteiger partial charge in [0, 0.05) is 23.2 Å². The maximum absolute atomic E-state index is 12.6. The summed E-state index contributed by atoms with van der Waals surface area (Å²) in [5.74, 6) is -1.07. The minimum Gasteiger partial charge on any atom is -0.450 e. The van der Waals surface area contributed by atoms with Crippen molar-refractivity contribution >= 4 is 39.3 Å². The molecule has 4 rings (SSSR count). The third-order valence-corrected chi connectivity index (χ3v) is 4.70. The summed E-state index contributed by atoms with van der Waals surface area (Å²) in [6, 6.07) is 20.8. The number of fused-ring (bicyclic) bond motifs is 2. The van der Waals surface area contributed by atoms with Crippen LogP contribution in [-0.4, -0.2) is 25.1 Å². The van der Waals surface area contributed by atoms with Gasteiger partial charge in [-0.25, -0.2) is 4.79 Å². The molecule has 1 amide bonds. The van der Waals surface area contributed by atoms with E-state index in [1.807, 2.05) is 67.6 Å². The fourth-order valence-corrected chi connectivity index (χ4v) is 3.27. The number of anilines is 1. The quantitative estimate of drug-likeness (QED) is 0.443. The van der Waals surface area contributed by atoms with Crippen LogP contribution in [0.3, 0.4) is 0 Å². The number of carbonyl (C=O) groups excluding carboxylic acids is 2. The first-order valence-electron chi connectivity index (χ1n) is 9.69. The molecule has 0 aliphatic rings. The van der Waals surface area contributed by atoms with E-state index in [4.69, 9.17) is 13.9 Å². The number of rotatable bonds is 7. The molecule has 0 aliphatic carbocycles. The average Bonchev–Trinajstić information content (AvgIpc) is 3.14. The fraction of sp³-hybridized carbons (Fsp3) is 0.167. The molecule has 6 heteroatoms. The second-order valence-electron chi connectivity index (χ2n) is 6.73. The molecule has 0 atom stereocenters. The summed E-state index contributed by atoms with van der Waals surface area (Å²) in [5.41, 5.74) is 1.82. The van der Waals surface area contributed by atoms with Gasteiger partial charge in [0.25, 0.3) is 5.91 Å². The molecule has 4 aromatic rings. The van der Waals surface area contributed by atoms with Gasteiger partial charge >= 0.3 is 5.97 Å². The lowest BCUT2D eigenvalue weighted by Crippen LogP contribution is -2.21. The topological polar surface area (TPSA) is 77.8 Å². The summed E-state index contributed by atoms with van der Waals surface area (Å²) in [5, 5.41) is 5.62. The number of furan rings is 1. The highest BCUT2D eigenvalue weighted by atomic mass is 16.5. The third kappa shape index (κ3) is 4.18. The summed E-state index contributed by atoms with van der Waals surface area (Å²) in [7, 11) is 0. The molecule has 1 heterocycles. The van der Waals surface area contributed by atoms with Crippen LogP contribution in [0, 0.1) is 0 Å². The van der Waals surface area contributed by atoms with Gasteiger partial charge in [-0.1, -0.05) is 48.5 Å². The molecule has 152 valence electrons. The standard InChI is InChI=1S/C24H21NO5/c1-2-28-14-20-19-9-5-6-10-21(19)30-23(20)24(27)29-15-22(26)25-18-12-11-16-7-3-4-8-17(16)13-18/h3-13H,2,14-15H2,1H3,(H,25,26). The molecule has 0 fully saturated rings. The van der Waals surface area contributed by atoms with Crippen molar-refractivity contribution in [2.24, 2.45) is 0 Å². The Labute approximate surface area is 173 Å². The maximum atomic E-state index is 12.6. The number of benzene rings is 3. The van der Waals surface area contributed by atoms with Crippen LogP contribution in [0.25, 0.3) is 21.7 Å². The Morgan fingerprint density at radius 1 is 0.967 bits per heavy atom. The second-order valence-corrected chi connectivity index (χ2v) is 6.73. The van der Waals surface area contributed by atoms with Gasteiger partial charge in [0.2, 0.25) is 5.76 Å². The SMILES string of the molecule is CCOCc1c(C(=O)OCC(=O)Nc2ccc3ccccc3c2)oc2ccccc12. The second kappa shape index (κ2) is 8.80. The zero-order valence-electron chi connectivity index (χ0n) is 16.5. The van der Waals surface area contributed by atoms with Gasteiger partial charge in [-0.15, -0.1) is 0 Å². The molecular weight excluding hydrogens is 382 g/mol. The van der Waals surface area contributed by atoms with Gasteiger partial charge in [-0.05, 0) is 35.9 Å². The highest BCUT2D eigenvalue weighted by Gasteiger charge is 2.22. The minimum absolute atomic E-state index is 0.0585. The van der Waals surface area contributed by atoms with E-state index in [2.05, 4.69) is 5.32 Å². The van der Waals surface area contributed by atoms with Crippen LogP contribution in [-0.2, 0) is 20.9 Å². The van der Waals surface area contributed by atoms with Crippen LogP contribution in [0.2, 0.25) is 0 Å². The average molecular weight is 403 g/mol. The van der Waals surface area contributed by atoms with E-state index in [-0.39, 0.29) is 12.4 Å². The Bertz CT molecular complexity index is 1210. The molecule has 30 heavy (non-hydrogen) atoms. The predicted octanol–water partition coefficient (Wildman–Crippen LogP) is 4.92. The summed E-state index contributed by atoms with van der Waals surface area (Å²) >= 11 is 0. The number of carbonyl (C=O) groups is 2. The Morgan fingerprint density at radius 3 is 2.57 bits per heavy atom. The van der Waals surface area contributed by atoms with Crippen molar-refractivity contribution in [3.05, 3.63) is 78.1 Å². The molecule has 1 aromatic heterocycles. The summed E-state index contributed by atoms with van der Waals surface area (Å²) in [6.07, 6.45) is 0. The molecule has 0 aliphatic heterocycles. The molecule has 0 unspecified atom stereocenters. The van der Waals surface area contributed by atoms with E-state index < -0.39 is 18.5 Å². The number of hydrogen-bond donors (Lipinski definition) is 1. The van der Waals surface area contributed by atoms with Gasteiger partial charge in [0.1, 0.15) is 5.58 Å². The summed E-state index contributed by atoms with van der Waals surface area (Å²) < 4.78 is 16.3. The van der Waals surface area contributed by atoms with Crippen molar-refractivity contribution < 1.29 is 23.5 Å². The lowest BCUT2D eigenvalue weighted by molar-refractivity contribution is -0.119. The molecule has 0 bridgehead atoms. The smallest absolute Gasteiger partial charge is 0.375 e. The lowest BCUT2D eigenvalue weighted by atomic mass is 10.1. The minimum atomic E-state index is -0.699. The summed E-state index contributed by atoms with van der Waals surface area (Å²) in [4.78, 5) is 24.8. The fourth-order valence-electron chi connectivity index (χ4n) is 3.27. The first-order valence-corrected chi connectivity index (χ1v) is 9.69. The van der Waals surface area contributed by atoms with Crippen molar-refractivity contribution in [2.75, 3.05) is 18.5 Å². The Kier molecular flexibility index (Phi) is 5.77. The number of ether oxygens (including phenoxy) is 2. The molecule has 0 saturated heterocycles. The van der Waals surface area contributed by atoms with Gasteiger partial charge < -0.3 is 19.2 Å². The predicted molar refractivity (Wildman–Crippen MR) is 114 cm³/mol. The lowest BCUT2D eigenvalue weighted by Gasteiger charge is -2.08. The van der Waals surface area contributed by atoms with Crippen molar-refractivity contribution in [3.8, 4) is 0 Å². The molecule has 0 saturated carbocycles. The normalized spacial score (nSPS) is 11.0. The van der Waals surface area contributed by atoms with Gasteiger partial charge in [-0.2, -0.15) is 0 Å². The van der Waals surface area contributed by atoms with E-state index in [1.165, 1.54) is 0 Å². The van der Waals surface area contributed by atoms with Crippen LogP contribution in [0.4, 0.5) is 5.69 Å². The van der Waals surface area contributed by atoms with E-state index in [9.17, 15) is 9.59 Å².